The van der Waals surface area contributed by atoms with Gasteiger partial charge in [0.25, 0.3) is 0 Å². The predicted molar refractivity (Wildman–Crippen MR) is 64.9 cm³/mol. The molecule has 0 heterocycles. The Balaban J connectivity index is 0.000000487. The first-order valence-electron chi connectivity index (χ1n) is 5.07. The zero-order valence-electron chi connectivity index (χ0n) is 9.72. The van der Waals surface area contributed by atoms with E-state index in [-0.39, 0.29) is 6.10 Å². The third-order valence-electron chi connectivity index (χ3n) is 1.38. The lowest BCUT2D eigenvalue weighted by Gasteiger charge is -2.01. The van der Waals surface area contributed by atoms with Gasteiger partial charge in [-0.3, -0.25) is 4.79 Å². The topological polar surface area (TPSA) is 46.5 Å². The molecule has 1 aromatic carbocycles. The second-order valence-electron chi connectivity index (χ2n) is 3.38. The molecule has 88 valence electrons. The summed E-state index contributed by atoms with van der Waals surface area (Å²) < 4.78 is 5.22. The molecule has 0 aliphatic carbocycles. The maximum Gasteiger partial charge on any atom is 0.150 e. The van der Waals surface area contributed by atoms with Crippen LogP contribution >= 0.6 is 0 Å². The standard InChI is InChI=1S/C10H10O2.C3H8O/c1-2-7-12-10-5-3-9(8-11)4-6-10;1-3(2)4/h2-6,8H,1,7H2;3-4H,1-2H3. The Bertz CT molecular complexity index is 299. The molecule has 3 nitrogen and oxygen atoms in total. The Kier molecular flexibility index (Phi) is 7.81. The maximum atomic E-state index is 10.3. The molecule has 1 N–H and O–H groups in total. The highest BCUT2D eigenvalue weighted by atomic mass is 16.5. The number of hydrogen-bond acceptors (Lipinski definition) is 3. The van der Waals surface area contributed by atoms with Gasteiger partial charge in [-0.15, -0.1) is 0 Å². The quantitative estimate of drug-likeness (QED) is 0.628. The van der Waals surface area contributed by atoms with Gasteiger partial charge in [0.2, 0.25) is 0 Å². The van der Waals surface area contributed by atoms with E-state index in [4.69, 9.17) is 9.84 Å². The summed E-state index contributed by atoms with van der Waals surface area (Å²) in [5, 5.41) is 8.06. The Morgan fingerprint density at radius 2 is 1.88 bits per heavy atom. The molecule has 0 amide bonds. The molecule has 0 bridgehead atoms. The third kappa shape index (κ3) is 7.76. The summed E-state index contributed by atoms with van der Waals surface area (Å²) in [4.78, 5) is 10.3. The Morgan fingerprint density at radius 1 is 1.38 bits per heavy atom. The minimum atomic E-state index is -0.167. The van der Waals surface area contributed by atoms with Crippen molar-refractivity contribution < 1.29 is 14.6 Å². The van der Waals surface area contributed by atoms with Crippen LogP contribution in [0.5, 0.6) is 5.75 Å². The number of aliphatic hydroxyl groups excluding tert-OH is 1. The van der Waals surface area contributed by atoms with Crippen LogP contribution < -0.4 is 4.74 Å². The van der Waals surface area contributed by atoms with E-state index in [2.05, 4.69) is 6.58 Å². The molecule has 1 aromatic rings. The molecule has 0 spiro atoms. The van der Waals surface area contributed by atoms with E-state index < -0.39 is 0 Å². The number of hydrogen-bond donors (Lipinski definition) is 1. The largest absolute Gasteiger partial charge is 0.490 e. The smallest absolute Gasteiger partial charge is 0.150 e. The van der Waals surface area contributed by atoms with Crippen molar-refractivity contribution in [1.29, 1.82) is 0 Å². The Hall–Kier alpha value is -1.61. The van der Waals surface area contributed by atoms with E-state index in [1.807, 2.05) is 0 Å². The van der Waals surface area contributed by atoms with Gasteiger partial charge in [0, 0.05) is 11.7 Å². The highest BCUT2D eigenvalue weighted by Gasteiger charge is 1.91. The SMILES string of the molecule is C=CCOc1ccc(C=O)cc1.CC(C)O. The molecule has 0 aliphatic rings. The molecule has 0 unspecified atom stereocenters. The lowest BCUT2D eigenvalue weighted by atomic mass is 10.2. The number of aliphatic hydroxyl groups is 1. The maximum absolute atomic E-state index is 10.3. The Labute approximate surface area is 96.4 Å². The van der Waals surface area contributed by atoms with E-state index in [1.165, 1.54) is 0 Å². The minimum absolute atomic E-state index is 0.167. The summed E-state index contributed by atoms with van der Waals surface area (Å²) >= 11 is 0. The van der Waals surface area contributed by atoms with Crippen LogP contribution in [-0.2, 0) is 0 Å². The summed E-state index contributed by atoms with van der Waals surface area (Å²) in [5.41, 5.74) is 0.654. The van der Waals surface area contributed by atoms with Crippen molar-refractivity contribution in [1.82, 2.24) is 0 Å². The van der Waals surface area contributed by atoms with E-state index in [0.717, 1.165) is 12.0 Å². The molecular formula is C13H18O3. The predicted octanol–water partition coefficient (Wildman–Crippen LogP) is 2.45. The summed E-state index contributed by atoms with van der Waals surface area (Å²) in [6, 6.07) is 6.94. The molecule has 0 atom stereocenters. The molecule has 0 fully saturated rings. The zero-order chi connectivity index (χ0) is 12.4. The van der Waals surface area contributed by atoms with Crippen molar-refractivity contribution in [3.05, 3.63) is 42.5 Å². The highest BCUT2D eigenvalue weighted by Crippen LogP contribution is 2.10. The number of aldehydes is 1. The fraction of sp³-hybridized carbons (Fsp3) is 0.308. The van der Waals surface area contributed by atoms with Crippen molar-refractivity contribution in [2.75, 3.05) is 6.61 Å². The fourth-order valence-electron chi connectivity index (χ4n) is 0.798. The second kappa shape index (κ2) is 8.68. The molecule has 16 heavy (non-hydrogen) atoms. The van der Waals surface area contributed by atoms with E-state index in [1.54, 1.807) is 44.2 Å². The van der Waals surface area contributed by atoms with Crippen LogP contribution in [0.4, 0.5) is 0 Å². The van der Waals surface area contributed by atoms with Crippen LogP contribution in [0.1, 0.15) is 24.2 Å². The molecule has 0 aromatic heterocycles. The zero-order valence-corrected chi connectivity index (χ0v) is 9.72. The number of rotatable bonds is 4. The highest BCUT2D eigenvalue weighted by molar-refractivity contribution is 5.74. The number of benzene rings is 1. The van der Waals surface area contributed by atoms with Crippen LogP contribution in [0.3, 0.4) is 0 Å². The number of carbonyl (C=O) groups excluding carboxylic acids is 1. The normalized spacial score (nSPS) is 9.00. The minimum Gasteiger partial charge on any atom is -0.490 e. The molecule has 0 saturated heterocycles. The van der Waals surface area contributed by atoms with Gasteiger partial charge in [-0.1, -0.05) is 12.7 Å². The van der Waals surface area contributed by atoms with Gasteiger partial charge in [0.1, 0.15) is 18.6 Å². The Morgan fingerprint density at radius 3 is 2.25 bits per heavy atom. The summed E-state index contributed by atoms with van der Waals surface area (Å²) in [6.45, 7) is 7.46. The number of carbonyl (C=O) groups is 1. The van der Waals surface area contributed by atoms with Crippen molar-refractivity contribution >= 4 is 6.29 Å². The van der Waals surface area contributed by atoms with Gasteiger partial charge in [-0.25, -0.2) is 0 Å². The molecule has 0 saturated carbocycles. The third-order valence-corrected chi connectivity index (χ3v) is 1.38. The van der Waals surface area contributed by atoms with Crippen LogP contribution in [0, 0.1) is 0 Å². The van der Waals surface area contributed by atoms with Crippen molar-refractivity contribution in [3.8, 4) is 5.75 Å². The first-order valence-corrected chi connectivity index (χ1v) is 5.07. The van der Waals surface area contributed by atoms with Gasteiger partial charge < -0.3 is 9.84 Å². The monoisotopic (exact) mass is 222 g/mol. The van der Waals surface area contributed by atoms with Crippen molar-refractivity contribution in [3.63, 3.8) is 0 Å². The first kappa shape index (κ1) is 14.4. The van der Waals surface area contributed by atoms with Crippen LogP contribution in [0.25, 0.3) is 0 Å². The van der Waals surface area contributed by atoms with Gasteiger partial charge in [0.05, 0.1) is 0 Å². The van der Waals surface area contributed by atoms with Gasteiger partial charge in [0.15, 0.2) is 0 Å². The fourth-order valence-corrected chi connectivity index (χ4v) is 0.798. The average molecular weight is 222 g/mol. The van der Waals surface area contributed by atoms with E-state index >= 15 is 0 Å². The number of ether oxygens (including phenoxy) is 1. The summed E-state index contributed by atoms with van der Waals surface area (Å²) in [7, 11) is 0. The molecule has 0 aliphatic heterocycles. The lowest BCUT2D eigenvalue weighted by molar-refractivity contribution is 0.112. The van der Waals surface area contributed by atoms with Crippen LogP contribution in [-0.4, -0.2) is 24.1 Å². The lowest BCUT2D eigenvalue weighted by Crippen LogP contribution is -1.92. The van der Waals surface area contributed by atoms with Gasteiger partial charge in [-0.2, -0.15) is 0 Å². The molecule has 0 radical (unpaired) electrons. The van der Waals surface area contributed by atoms with Crippen LogP contribution in [0.2, 0.25) is 0 Å². The average Bonchev–Trinajstić information content (AvgIpc) is 2.26. The molecular weight excluding hydrogens is 204 g/mol. The van der Waals surface area contributed by atoms with E-state index in [0.29, 0.717) is 12.2 Å². The van der Waals surface area contributed by atoms with Crippen LogP contribution in [0.15, 0.2) is 36.9 Å². The van der Waals surface area contributed by atoms with Crippen molar-refractivity contribution in [2.45, 2.75) is 20.0 Å². The molecule has 3 heteroatoms. The van der Waals surface area contributed by atoms with Gasteiger partial charge >= 0.3 is 0 Å². The van der Waals surface area contributed by atoms with Gasteiger partial charge in [-0.05, 0) is 38.1 Å². The molecule has 1 rings (SSSR count). The summed E-state index contributed by atoms with van der Waals surface area (Å²) in [5.74, 6) is 0.750. The first-order chi connectivity index (χ1) is 7.60. The van der Waals surface area contributed by atoms with Crippen molar-refractivity contribution in [2.24, 2.45) is 0 Å². The van der Waals surface area contributed by atoms with E-state index in [9.17, 15) is 4.79 Å². The second-order valence-corrected chi connectivity index (χ2v) is 3.38. The summed E-state index contributed by atoms with van der Waals surface area (Å²) in [6.07, 6.45) is 2.31.